The first-order chi connectivity index (χ1) is 12.5. The summed E-state index contributed by atoms with van der Waals surface area (Å²) >= 11 is 0. The summed E-state index contributed by atoms with van der Waals surface area (Å²) < 4.78 is 10.7. The van der Waals surface area contributed by atoms with Crippen LogP contribution in [0.1, 0.15) is 48.0 Å². The first-order valence-electron chi connectivity index (χ1n) is 9.32. The van der Waals surface area contributed by atoms with Gasteiger partial charge in [0.25, 0.3) is 5.91 Å². The van der Waals surface area contributed by atoms with Crippen molar-refractivity contribution >= 4 is 17.8 Å². The number of nitrogens with zero attached hydrogens (tertiary/aromatic N) is 2. The Morgan fingerprint density at radius 3 is 2.59 bits per heavy atom. The number of carbonyl (C=O) groups excluding carboxylic acids is 2. The Hall–Kier alpha value is -2.03. The summed E-state index contributed by atoms with van der Waals surface area (Å²) in [6.07, 6.45) is -0.0123. The quantitative estimate of drug-likeness (QED) is 0.389. The van der Waals surface area contributed by atoms with E-state index >= 15 is 0 Å². The van der Waals surface area contributed by atoms with Crippen molar-refractivity contribution < 1.29 is 23.9 Å². The van der Waals surface area contributed by atoms with Crippen LogP contribution < -0.4 is 11.1 Å². The van der Waals surface area contributed by atoms with Crippen LogP contribution in [0.4, 0.5) is 4.79 Å². The fraction of sp³-hybridized carbons (Fsp3) is 0.833. The Morgan fingerprint density at radius 2 is 2.04 bits per heavy atom. The second kappa shape index (κ2) is 10.3. The highest BCUT2D eigenvalue weighted by atomic mass is 16.6. The van der Waals surface area contributed by atoms with Gasteiger partial charge in [-0.25, -0.2) is 4.79 Å². The number of nitrogens with two attached hydrogens (primary N) is 1. The predicted molar refractivity (Wildman–Crippen MR) is 102 cm³/mol. The number of alkyl carbamates (subject to hydrolysis) is 1. The summed E-state index contributed by atoms with van der Waals surface area (Å²) in [6, 6.07) is -0.543. The molecule has 1 fully saturated rings. The zero-order valence-corrected chi connectivity index (χ0v) is 17.3. The van der Waals surface area contributed by atoms with Crippen molar-refractivity contribution in [2.24, 2.45) is 16.8 Å². The molecule has 0 bridgehead atoms. The highest BCUT2D eigenvalue weighted by Crippen LogP contribution is 2.10. The molecule has 2 amide bonds. The van der Waals surface area contributed by atoms with E-state index in [2.05, 4.69) is 10.5 Å². The third-order valence-electron chi connectivity index (χ3n) is 3.71. The van der Waals surface area contributed by atoms with E-state index in [4.69, 9.17) is 20.0 Å². The number of morpholine rings is 1. The van der Waals surface area contributed by atoms with Crippen molar-refractivity contribution in [3.63, 3.8) is 0 Å². The molecule has 1 aliphatic heterocycles. The summed E-state index contributed by atoms with van der Waals surface area (Å²) in [7, 11) is 0. The topological polar surface area (TPSA) is 115 Å². The van der Waals surface area contributed by atoms with E-state index in [1.54, 1.807) is 25.7 Å². The standard InChI is InChI=1S/C18H34N4O5/c1-12(2)9-14(20-17(24)27-18(4,5)6)16(19)21-26-11-15(23)22-7-8-25-13(3)10-22/h12-14H,7-11H2,1-6H3,(H2,19,21)(H,20,24). The zero-order valence-electron chi connectivity index (χ0n) is 17.3. The van der Waals surface area contributed by atoms with Crippen LogP contribution in [0.5, 0.6) is 0 Å². The predicted octanol–water partition coefficient (Wildman–Crippen LogP) is 1.46. The molecule has 0 aliphatic carbocycles. The van der Waals surface area contributed by atoms with Crippen molar-refractivity contribution in [2.45, 2.75) is 65.7 Å². The van der Waals surface area contributed by atoms with Crippen molar-refractivity contribution in [1.29, 1.82) is 0 Å². The van der Waals surface area contributed by atoms with Crippen LogP contribution in [0.15, 0.2) is 5.16 Å². The number of amidine groups is 1. The summed E-state index contributed by atoms with van der Waals surface area (Å²) in [5.74, 6) is 0.176. The highest BCUT2D eigenvalue weighted by molar-refractivity contribution is 5.88. The number of ether oxygens (including phenoxy) is 2. The molecule has 1 aliphatic rings. The zero-order chi connectivity index (χ0) is 20.6. The molecule has 27 heavy (non-hydrogen) atoms. The monoisotopic (exact) mass is 386 g/mol. The maximum absolute atomic E-state index is 12.2. The maximum Gasteiger partial charge on any atom is 0.408 e. The van der Waals surface area contributed by atoms with Crippen LogP contribution in [-0.4, -0.2) is 66.8 Å². The van der Waals surface area contributed by atoms with Gasteiger partial charge in [-0.3, -0.25) is 4.79 Å². The lowest BCUT2D eigenvalue weighted by molar-refractivity contribution is -0.143. The second-order valence-corrected chi connectivity index (χ2v) is 8.14. The molecule has 0 aromatic rings. The maximum atomic E-state index is 12.2. The number of rotatable bonds is 7. The van der Waals surface area contributed by atoms with E-state index in [1.165, 1.54) is 0 Å². The Balaban J connectivity index is 2.59. The van der Waals surface area contributed by atoms with Crippen LogP contribution in [0, 0.1) is 5.92 Å². The van der Waals surface area contributed by atoms with Crippen molar-refractivity contribution in [1.82, 2.24) is 10.2 Å². The van der Waals surface area contributed by atoms with Crippen molar-refractivity contribution in [3.05, 3.63) is 0 Å². The molecule has 156 valence electrons. The third-order valence-corrected chi connectivity index (χ3v) is 3.71. The van der Waals surface area contributed by atoms with Gasteiger partial charge in [0.05, 0.1) is 18.8 Å². The van der Waals surface area contributed by atoms with E-state index in [0.29, 0.717) is 26.1 Å². The van der Waals surface area contributed by atoms with Crippen molar-refractivity contribution in [3.8, 4) is 0 Å². The van der Waals surface area contributed by atoms with Crippen LogP contribution in [0.3, 0.4) is 0 Å². The minimum Gasteiger partial charge on any atom is -0.444 e. The summed E-state index contributed by atoms with van der Waals surface area (Å²) in [6.45, 7) is 12.6. The van der Waals surface area contributed by atoms with Gasteiger partial charge in [0.1, 0.15) is 5.60 Å². The molecule has 0 spiro atoms. The summed E-state index contributed by atoms with van der Waals surface area (Å²) in [5.41, 5.74) is 5.36. The van der Waals surface area contributed by atoms with Crippen LogP contribution in [-0.2, 0) is 19.1 Å². The molecule has 1 rings (SSSR count). The van der Waals surface area contributed by atoms with Gasteiger partial charge in [-0.15, -0.1) is 0 Å². The average molecular weight is 386 g/mol. The number of oxime groups is 1. The Labute approximate surface area is 161 Å². The average Bonchev–Trinajstić information content (AvgIpc) is 2.51. The molecule has 2 atom stereocenters. The fourth-order valence-electron chi connectivity index (χ4n) is 2.54. The molecule has 9 nitrogen and oxygen atoms in total. The molecular formula is C18H34N4O5. The van der Waals surface area contributed by atoms with Gasteiger partial charge >= 0.3 is 6.09 Å². The van der Waals surface area contributed by atoms with Gasteiger partial charge < -0.3 is 30.3 Å². The highest BCUT2D eigenvalue weighted by Gasteiger charge is 2.24. The van der Waals surface area contributed by atoms with Crippen molar-refractivity contribution in [2.75, 3.05) is 26.3 Å². The number of amides is 2. The Bertz CT molecular complexity index is 530. The minimum absolute atomic E-state index is 0.00437. The minimum atomic E-state index is -0.615. The fourth-order valence-corrected chi connectivity index (χ4v) is 2.54. The van der Waals surface area contributed by atoms with Gasteiger partial charge in [0.2, 0.25) is 0 Å². The van der Waals surface area contributed by atoms with Gasteiger partial charge in [0.15, 0.2) is 12.4 Å². The third kappa shape index (κ3) is 9.46. The van der Waals surface area contributed by atoms with Crippen LogP contribution in [0.2, 0.25) is 0 Å². The molecule has 1 heterocycles. The number of nitrogens with one attached hydrogen (secondary N) is 1. The second-order valence-electron chi connectivity index (χ2n) is 8.14. The molecule has 0 radical (unpaired) electrons. The van der Waals surface area contributed by atoms with Gasteiger partial charge in [-0.2, -0.15) is 0 Å². The number of hydrogen-bond acceptors (Lipinski definition) is 6. The normalized spacial score (nSPS) is 19.6. The molecule has 0 aromatic carbocycles. The van der Waals surface area contributed by atoms with Gasteiger partial charge in [0, 0.05) is 13.1 Å². The number of hydrogen-bond donors (Lipinski definition) is 2. The molecule has 0 saturated carbocycles. The molecule has 3 N–H and O–H groups in total. The van der Waals surface area contributed by atoms with Gasteiger partial charge in [-0.1, -0.05) is 19.0 Å². The molecular weight excluding hydrogens is 352 g/mol. The lowest BCUT2D eigenvalue weighted by Gasteiger charge is -2.30. The van der Waals surface area contributed by atoms with E-state index in [0.717, 1.165) is 0 Å². The van der Waals surface area contributed by atoms with Gasteiger partial charge in [-0.05, 0) is 40.0 Å². The van der Waals surface area contributed by atoms with E-state index < -0.39 is 17.7 Å². The van der Waals surface area contributed by atoms with E-state index in [9.17, 15) is 9.59 Å². The molecule has 2 unspecified atom stereocenters. The molecule has 1 saturated heterocycles. The first-order valence-corrected chi connectivity index (χ1v) is 9.32. The van der Waals surface area contributed by atoms with E-state index in [-0.39, 0.29) is 30.4 Å². The summed E-state index contributed by atoms with van der Waals surface area (Å²) in [5, 5.41) is 6.53. The van der Waals surface area contributed by atoms with E-state index in [1.807, 2.05) is 20.8 Å². The SMILES string of the molecule is CC(C)CC(NC(=O)OC(C)(C)C)/C(N)=N/OCC(=O)N1CCOC(C)C1. The first kappa shape index (κ1) is 23.0. The van der Waals surface area contributed by atoms with Crippen LogP contribution >= 0.6 is 0 Å². The molecule has 0 aromatic heterocycles. The van der Waals surface area contributed by atoms with Crippen LogP contribution in [0.25, 0.3) is 0 Å². The lowest BCUT2D eigenvalue weighted by Crippen LogP contribution is -2.47. The largest absolute Gasteiger partial charge is 0.444 e. The molecule has 9 heteroatoms. The Morgan fingerprint density at radius 1 is 1.37 bits per heavy atom. The number of carbonyl (C=O) groups is 2. The summed E-state index contributed by atoms with van der Waals surface area (Å²) in [4.78, 5) is 31.0. The lowest BCUT2D eigenvalue weighted by atomic mass is 10.0. The smallest absolute Gasteiger partial charge is 0.408 e. The Kier molecular flexibility index (Phi) is 8.81.